The summed E-state index contributed by atoms with van der Waals surface area (Å²) < 4.78 is 5.28. The van der Waals surface area contributed by atoms with Crippen LogP contribution in [-0.2, 0) is 4.74 Å². The predicted octanol–water partition coefficient (Wildman–Crippen LogP) is 2.93. The number of hydrogen-bond acceptors (Lipinski definition) is 3. The summed E-state index contributed by atoms with van der Waals surface area (Å²) in [6.45, 7) is 7.70. The number of nitrogens with one attached hydrogen (secondary N) is 2. The van der Waals surface area contributed by atoms with Crippen molar-refractivity contribution in [2.45, 2.75) is 26.8 Å². The molecule has 0 saturated carbocycles. The van der Waals surface area contributed by atoms with E-state index in [0.29, 0.717) is 23.8 Å². The molecule has 0 bridgehead atoms. The van der Waals surface area contributed by atoms with Crippen molar-refractivity contribution in [2.24, 2.45) is 0 Å². The molecule has 0 saturated heterocycles. The summed E-state index contributed by atoms with van der Waals surface area (Å²) in [4.78, 5) is 12.2. The van der Waals surface area contributed by atoms with Crippen LogP contribution in [0.25, 0.3) is 0 Å². The number of hydrogen-bond donors (Lipinski definition) is 2. The second-order valence-corrected chi connectivity index (χ2v) is 4.69. The monoisotopic (exact) mass is 284 g/mol. The highest BCUT2D eigenvalue weighted by molar-refractivity contribution is 6.31. The van der Waals surface area contributed by atoms with E-state index in [0.717, 1.165) is 12.2 Å². The quantitative estimate of drug-likeness (QED) is 0.809. The molecular weight excluding hydrogens is 264 g/mol. The van der Waals surface area contributed by atoms with Crippen LogP contribution in [0.3, 0.4) is 0 Å². The minimum Gasteiger partial charge on any atom is -0.385 e. The van der Waals surface area contributed by atoms with Crippen LogP contribution in [0.1, 0.15) is 31.1 Å². The van der Waals surface area contributed by atoms with Crippen LogP contribution in [0.5, 0.6) is 0 Å². The lowest BCUT2D eigenvalue weighted by Crippen LogP contribution is -2.36. The van der Waals surface area contributed by atoms with Crippen molar-refractivity contribution in [1.29, 1.82) is 0 Å². The molecule has 0 aliphatic heterocycles. The number of rotatable bonds is 7. The van der Waals surface area contributed by atoms with Gasteiger partial charge in [-0.2, -0.15) is 0 Å². The molecule has 19 heavy (non-hydrogen) atoms. The van der Waals surface area contributed by atoms with Crippen molar-refractivity contribution in [1.82, 2.24) is 5.32 Å². The van der Waals surface area contributed by atoms with Gasteiger partial charge in [0, 0.05) is 29.9 Å². The number of benzene rings is 1. The molecule has 1 unspecified atom stereocenters. The lowest BCUT2D eigenvalue weighted by Gasteiger charge is -2.16. The van der Waals surface area contributed by atoms with Crippen molar-refractivity contribution < 1.29 is 9.53 Å². The van der Waals surface area contributed by atoms with E-state index in [9.17, 15) is 4.79 Å². The molecule has 0 radical (unpaired) electrons. The molecule has 0 fully saturated rings. The van der Waals surface area contributed by atoms with Gasteiger partial charge in [0.2, 0.25) is 0 Å². The third-order valence-corrected chi connectivity index (χ3v) is 2.78. The van der Waals surface area contributed by atoms with Gasteiger partial charge in [0.05, 0.1) is 12.2 Å². The van der Waals surface area contributed by atoms with Crippen LogP contribution in [-0.4, -0.2) is 31.7 Å². The Morgan fingerprint density at radius 2 is 2.16 bits per heavy atom. The molecule has 1 rings (SSSR count). The molecule has 0 aromatic heterocycles. The van der Waals surface area contributed by atoms with Gasteiger partial charge in [-0.1, -0.05) is 11.6 Å². The largest absolute Gasteiger partial charge is 0.385 e. The van der Waals surface area contributed by atoms with Crippen LogP contribution in [0, 0.1) is 0 Å². The SMILES string of the molecule is CCNc1ccc(Cl)cc1C(=O)NC(C)COCC. The fraction of sp³-hybridized carbons (Fsp3) is 0.500. The summed E-state index contributed by atoms with van der Waals surface area (Å²) in [5.41, 5.74) is 1.34. The summed E-state index contributed by atoms with van der Waals surface area (Å²) in [5, 5.41) is 6.59. The van der Waals surface area contributed by atoms with Crippen molar-refractivity contribution in [3.8, 4) is 0 Å². The minimum absolute atomic E-state index is 0.0408. The lowest BCUT2D eigenvalue weighted by molar-refractivity contribution is 0.0872. The van der Waals surface area contributed by atoms with Gasteiger partial charge in [-0.15, -0.1) is 0 Å². The Labute approximate surface area is 119 Å². The lowest BCUT2D eigenvalue weighted by atomic mass is 10.1. The van der Waals surface area contributed by atoms with E-state index >= 15 is 0 Å². The molecule has 0 aliphatic rings. The third kappa shape index (κ3) is 5.09. The van der Waals surface area contributed by atoms with E-state index in [4.69, 9.17) is 16.3 Å². The van der Waals surface area contributed by atoms with Gasteiger partial charge < -0.3 is 15.4 Å². The smallest absolute Gasteiger partial charge is 0.253 e. The first-order chi connectivity index (χ1) is 9.08. The summed E-state index contributed by atoms with van der Waals surface area (Å²) in [6, 6.07) is 5.21. The van der Waals surface area contributed by atoms with Gasteiger partial charge in [0.15, 0.2) is 0 Å². The maximum Gasteiger partial charge on any atom is 0.253 e. The first kappa shape index (κ1) is 15.8. The maximum absolute atomic E-state index is 12.2. The molecule has 2 N–H and O–H groups in total. The topological polar surface area (TPSA) is 50.4 Å². The van der Waals surface area contributed by atoms with Gasteiger partial charge >= 0.3 is 0 Å². The minimum atomic E-state index is -0.148. The standard InChI is InChI=1S/C14H21ClN2O2/c1-4-16-13-7-6-11(15)8-12(13)14(18)17-10(3)9-19-5-2/h6-8,10,16H,4-5,9H2,1-3H3,(H,17,18). The number of carbonyl (C=O) groups is 1. The van der Waals surface area contributed by atoms with Crippen molar-refractivity contribution >= 4 is 23.2 Å². The highest BCUT2D eigenvalue weighted by atomic mass is 35.5. The predicted molar refractivity (Wildman–Crippen MR) is 79.0 cm³/mol. The summed E-state index contributed by atoms with van der Waals surface area (Å²) >= 11 is 5.95. The van der Waals surface area contributed by atoms with Crippen LogP contribution < -0.4 is 10.6 Å². The number of halogens is 1. The van der Waals surface area contributed by atoms with Gasteiger partial charge in [0.1, 0.15) is 0 Å². The Morgan fingerprint density at radius 3 is 2.79 bits per heavy atom. The molecule has 106 valence electrons. The Hall–Kier alpha value is -1.26. The molecule has 0 spiro atoms. The molecule has 0 aliphatic carbocycles. The number of ether oxygens (including phenoxy) is 1. The van der Waals surface area contributed by atoms with Crippen LogP contribution in [0.15, 0.2) is 18.2 Å². The van der Waals surface area contributed by atoms with Crippen molar-refractivity contribution in [3.05, 3.63) is 28.8 Å². The average Bonchev–Trinajstić information content (AvgIpc) is 2.38. The van der Waals surface area contributed by atoms with E-state index in [2.05, 4.69) is 10.6 Å². The zero-order valence-corrected chi connectivity index (χ0v) is 12.4. The first-order valence-electron chi connectivity index (χ1n) is 6.50. The Morgan fingerprint density at radius 1 is 1.42 bits per heavy atom. The van der Waals surface area contributed by atoms with Crippen LogP contribution >= 0.6 is 11.6 Å². The average molecular weight is 285 g/mol. The second-order valence-electron chi connectivity index (χ2n) is 4.25. The number of carbonyl (C=O) groups excluding carboxylic acids is 1. The van der Waals surface area contributed by atoms with Crippen molar-refractivity contribution in [2.75, 3.05) is 25.1 Å². The molecule has 1 atom stereocenters. The van der Waals surface area contributed by atoms with Gasteiger partial charge in [0.25, 0.3) is 5.91 Å². The third-order valence-electron chi connectivity index (χ3n) is 2.54. The molecule has 1 amide bonds. The fourth-order valence-corrected chi connectivity index (χ4v) is 1.86. The van der Waals surface area contributed by atoms with E-state index < -0.39 is 0 Å². The zero-order chi connectivity index (χ0) is 14.3. The Bertz CT molecular complexity index is 424. The normalized spacial score (nSPS) is 12.0. The fourth-order valence-electron chi connectivity index (χ4n) is 1.69. The first-order valence-corrected chi connectivity index (χ1v) is 6.88. The molecule has 5 heteroatoms. The van der Waals surface area contributed by atoms with Crippen LogP contribution in [0.2, 0.25) is 5.02 Å². The van der Waals surface area contributed by atoms with E-state index in [1.54, 1.807) is 12.1 Å². The summed E-state index contributed by atoms with van der Waals surface area (Å²) in [6.07, 6.45) is 0. The number of amides is 1. The van der Waals surface area contributed by atoms with Gasteiger partial charge in [-0.25, -0.2) is 0 Å². The van der Waals surface area contributed by atoms with E-state index in [-0.39, 0.29) is 11.9 Å². The van der Waals surface area contributed by atoms with Gasteiger partial charge in [-0.05, 0) is 39.0 Å². The molecule has 4 nitrogen and oxygen atoms in total. The molecule has 1 aromatic carbocycles. The maximum atomic E-state index is 12.2. The molecular formula is C14H21ClN2O2. The number of anilines is 1. The molecule has 0 heterocycles. The Kier molecular flexibility index (Phi) is 6.67. The van der Waals surface area contributed by atoms with E-state index in [1.165, 1.54) is 0 Å². The Balaban J connectivity index is 2.77. The summed E-state index contributed by atoms with van der Waals surface area (Å²) in [5.74, 6) is -0.148. The van der Waals surface area contributed by atoms with Crippen LogP contribution in [0.4, 0.5) is 5.69 Å². The highest BCUT2D eigenvalue weighted by Crippen LogP contribution is 2.20. The summed E-state index contributed by atoms with van der Waals surface area (Å²) in [7, 11) is 0. The zero-order valence-electron chi connectivity index (χ0n) is 11.6. The van der Waals surface area contributed by atoms with Crippen molar-refractivity contribution in [3.63, 3.8) is 0 Å². The molecule has 1 aromatic rings. The van der Waals surface area contributed by atoms with E-state index in [1.807, 2.05) is 26.8 Å². The highest BCUT2D eigenvalue weighted by Gasteiger charge is 2.14. The van der Waals surface area contributed by atoms with Gasteiger partial charge in [-0.3, -0.25) is 4.79 Å². The second kappa shape index (κ2) is 8.02.